The van der Waals surface area contributed by atoms with Gasteiger partial charge in [-0.2, -0.15) is 0 Å². The van der Waals surface area contributed by atoms with Gasteiger partial charge in [-0.1, -0.05) is 52.5 Å². The number of nitrogens with one attached hydrogen (secondary N) is 1. The lowest BCUT2D eigenvalue weighted by Gasteiger charge is -2.38. The molecule has 3 heteroatoms. The van der Waals surface area contributed by atoms with Crippen molar-refractivity contribution in [3.05, 3.63) is 22.4 Å². The third-order valence-corrected chi connectivity index (χ3v) is 10.0. The lowest BCUT2D eigenvalue weighted by molar-refractivity contribution is 0.483. The minimum Gasteiger partial charge on any atom is -0.312 e. The Balaban J connectivity index is 1.48. The molecule has 1 nitrogen and oxygen atoms in total. The molecule has 0 aliphatic heterocycles. The van der Waals surface area contributed by atoms with Crippen molar-refractivity contribution in [2.75, 3.05) is 12.7 Å². The molecule has 0 spiro atoms. The standard InChI is InChI=1S/C19H32NPS/c1-3-8-17(9-4-1)21(18-10-5-2-6-11-18)14-13-20-16-19-12-7-15-22-19/h7,12,15,17-18,20H,1-6,8-11,13-14,16H2. The first-order chi connectivity index (χ1) is 10.9. The van der Waals surface area contributed by atoms with Crippen molar-refractivity contribution >= 4 is 19.3 Å². The lowest BCUT2D eigenvalue weighted by atomic mass is 9.99. The van der Waals surface area contributed by atoms with Crippen molar-refractivity contribution in [1.29, 1.82) is 0 Å². The van der Waals surface area contributed by atoms with Crippen molar-refractivity contribution in [2.24, 2.45) is 0 Å². The Morgan fingerprint density at radius 2 is 1.59 bits per heavy atom. The summed E-state index contributed by atoms with van der Waals surface area (Å²) in [5.41, 5.74) is 2.21. The van der Waals surface area contributed by atoms with Crippen LogP contribution in [0.3, 0.4) is 0 Å². The van der Waals surface area contributed by atoms with Crippen LogP contribution in [0, 0.1) is 0 Å². The van der Waals surface area contributed by atoms with E-state index < -0.39 is 0 Å². The van der Waals surface area contributed by atoms with E-state index >= 15 is 0 Å². The Bertz CT molecular complexity index is 376. The van der Waals surface area contributed by atoms with Crippen LogP contribution < -0.4 is 5.32 Å². The normalized spacial score (nSPS) is 21.5. The summed E-state index contributed by atoms with van der Waals surface area (Å²) in [6, 6.07) is 4.42. The zero-order valence-corrected chi connectivity index (χ0v) is 15.6. The second-order valence-electron chi connectivity index (χ2n) is 7.08. The van der Waals surface area contributed by atoms with E-state index in [1.807, 2.05) is 11.3 Å². The number of hydrogen-bond acceptors (Lipinski definition) is 2. The average Bonchev–Trinajstić information content (AvgIpc) is 3.10. The second-order valence-corrected chi connectivity index (χ2v) is 11.0. The molecule has 0 atom stereocenters. The zero-order chi connectivity index (χ0) is 15.0. The largest absolute Gasteiger partial charge is 0.312 e. The molecule has 2 saturated carbocycles. The van der Waals surface area contributed by atoms with Gasteiger partial charge in [-0.25, -0.2) is 0 Å². The molecule has 2 aliphatic rings. The Morgan fingerprint density at radius 1 is 0.955 bits per heavy atom. The molecule has 0 radical (unpaired) electrons. The van der Waals surface area contributed by atoms with Crippen LogP contribution in [0.25, 0.3) is 0 Å². The highest BCUT2D eigenvalue weighted by Gasteiger charge is 2.30. The van der Waals surface area contributed by atoms with Gasteiger partial charge in [0.15, 0.2) is 0 Å². The topological polar surface area (TPSA) is 12.0 Å². The Hall–Kier alpha value is 0.0900. The maximum absolute atomic E-state index is 3.72. The Morgan fingerprint density at radius 3 is 2.14 bits per heavy atom. The van der Waals surface area contributed by atoms with Gasteiger partial charge in [0.1, 0.15) is 0 Å². The predicted molar refractivity (Wildman–Crippen MR) is 102 cm³/mol. The van der Waals surface area contributed by atoms with E-state index in [4.69, 9.17) is 0 Å². The smallest absolute Gasteiger partial charge is 0.0299 e. The van der Waals surface area contributed by atoms with Crippen molar-refractivity contribution in [3.8, 4) is 0 Å². The van der Waals surface area contributed by atoms with Crippen LogP contribution in [-0.2, 0) is 6.54 Å². The molecule has 22 heavy (non-hydrogen) atoms. The number of thiophene rings is 1. The molecule has 2 aliphatic carbocycles. The molecule has 1 heterocycles. The highest BCUT2D eigenvalue weighted by molar-refractivity contribution is 7.59. The van der Waals surface area contributed by atoms with Gasteiger partial charge < -0.3 is 5.32 Å². The van der Waals surface area contributed by atoms with E-state index in [9.17, 15) is 0 Å². The second kappa shape index (κ2) is 9.40. The summed E-state index contributed by atoms with van der Waals surface area (Å²) >= 11 is 1.88. The van der Waals surface area contributed by atoms with Gasteiger partial charge in [-0.3, -0.25) is 0 Å². The molecule has 0 aromatic carbocycles. The van der Waals surface area contributed by atoms with E-state index in [1.165, 1.54) is 56.1 Å². The zero-order valence-electron chi connectivity index (χ0n) is 13.9. The average molecular weight is 338 g/mol. The van der Waals surface area contributed by atoms with Gasteiger partial charge in [0.2, 0.25) is 0 Å². The number of rotatable bonds is 7. The Kier molecular flexibility index (Phi) is 7.24. The summed E-state index contributed by atoms with van der Waals surface area (Å²) in [5, 5.41) is 5.91. The highest BCUT2D eigenvalue weighted by Crippen LogP contribution is 2.55. The SMILES string of the molecule is c1csc(CNCCP(C2CCCCC2)C2CCCCC2)c1. The summed E-state index contributed by atoms with van der Waals surface area (Å²) in [6.07, 6.45) is 16.7. The molecule has 1 aromatic rings. The van der Waals surface area contributed by atoms with Gasteiger partial charge in [0.25, 0.3) is 0 Å². The van der Waals surface area contributed by atoms with Crippen LogP contribution in [0.15, 0.2) is 17.5 Å². The minimum atomic E-state index is 0.275. The van der Waals surface area contributed by atoms with Gasteiger partial charge in [0.05, 0.1) is 0 Å². The molecule has 0 amide bonds. The van der Waals surface area contributed by atoms with E-state index in [1.54, 1.807) is 25.7 Å². The molecule has 0 bridgehead atoms. The molecular formula is C19H32NPS. The molecule has 124 valence electrons. The maximum Gasteiger partial charge on any atom is 0.0299 e. The van der Waals surface area contributed by atoms with E-state index in [0.29, 0.717) is 0 Å². The minimum absolute atomic E-state index is 0.275. The van der Waals surface area contributed by atoms with Crippen LogP contribution in [0.1, 0.15) is 69.1 Å². The molecule has 3 rings (SSSR count). The molecule has 0 saturated heterocycles. The van der Waals surface area contributed by atoms with E-state index in [2.05, 4.69) is 22.8 Å². The first-order valence-corrected chi connectivity index (χ1v) is 12.0. The first kappa shape index (κ1) is 16.9. The highest BCUT2D eigenvalue weighted by atomic mass is 32.1. The van der Waals surface area contributed by atoms with Crippen LogP contribution in [-0.4, -0.2) is 24.0 Å². The summed E-state index contributed by atoms with van der Waals surface area (Å²) in [5.74, 6) is 0. The van der Waals surface area contributed by atoms with Crippen LogP contribution in [0.4, 0.5) is 0 Å². The predicted octanol–water partition coefficient (Wildman–Crippen LogP) is 5.99. The molecule has 2 fully saturated rings. The molecule has 1 N–H and O–H groups in total. The van der Waals surface area contributed by atoms with Crippen molar-refractivity contribution in [1.82, 2.24) is 5.32 Å². The fraction of sp³-hybridized carbons (Fsp3) is 0.789. The quantitative estimate of drug-likeness (QED) is 0.476. The van der Waals surface area contributed by atoms with Gasteiger partial charge in [-0.05, 0) is 61.2 Å². The lowest BCUT2D eigenvalue weighted by Crippen LogP contribution is -2.26. The summed E-state index contributed by atoms with van der Waals surface area (Å²) in [6.45, 7) is 2.33. The summed E-state index contributed by atoms with van der Waals surface area (Å²) in [7, 11) is 0.275. The van der Waals surface area contributed by atoms with E-state index in [0.717, 1.165) is 17.9 Å². The van der Waals surface area contributed by atoms with Gasteiger partial charge in [-0.15, -0.1) is 11.3 Å². The maximum atomic E-state index is 3.72. The van der Waals surface area contributed by atoms with Crippen LogP contribution in [0.2, 0.25) is 0 Å². The third kappa shape index (κ3) is 5.05. The molecular weight excluding hydrogens is 305 g/mol. The fourth-order valence-electron chi connectivity index (χ4n) is 4.32. The third-order valence-electron chi connectivity index (χ3n) is 5.51. The first-order valence-electron chi connectivity index (χ1n) is 9.42. The molecule has 0 unspecified atom stereocenters. The van der Waals surface area contributed by atoms with Crippen molar-refractivity contribution in [3.63, 3.8) is 0 Å². The van der Waals surface area contributed by atoms with Crippen molar-refractivity contribution < 1.29 is 0 Å². The van der Waals surface area contributed by atoms with E-state index in [-0.39, 0.29) is 7.92 Å². The number of hydrogen-bond donors (Lipinski definition) is 1. The van der Waals surface area contributed by atoms with Crippen LogP contribution in [0.5, 0.6) is 0 Å². The van der Waals surface area contributed by atoms with Crippen molar-refractivity contribution in [2.45, 2.75) is 82.1 Å². The monoisotopic (exact) mass is 337 g/mol. The van der Waals surface area contributed by atoms with Gasteiger partial charge in [0, 0.05) is 11.4 Å². The van der Waals surface area contributed by atoms with Crippen LogP contribution >= 0.6 is 19.3 Å². The van der Waals surface area contributed by atoms with Gasteiger partial charge >= 0.3 is 0 Å². The Labute approximate surface area is 142 Å². The fourth-order valence-corrected chi connectivity index (χ4v) is 8.80. The summed E-state index contributed by atoms with van der Waals surface area (Å²) < 4.78 is 0. The molecule has 1 aromatic heterocycles. The summed E-state index contributed by atoms with van der Waals surface area (Å²) in [4.78, 5) is 1.49.